The maximum absolute atomic E-state index is 13.4. The zero-order valence-electron chi connectivity index (χ0n) is 22.7. The Hall–Kier alpha value is -3.11. The molecule has 41 heavy (non-hydrogen) atoms. The van der Waals surface area contributed by atoms with Crippen molar-refractivity contribution in [1.82, 2.24) is 10.2 Å². The number of fused-ring (bicyclic) bond motifs is 1. The molecule has 0 spiro atoms. The van der Waals surface area contributed by atoms with E-state index in [9.17, 15) is 24.9 Å². The summed E-state index contributed by atoms with van der Waals surface area (Å²) < 4.78 is 28.4. The number of ether oxygens (including phenoxy) is 5. The lowest BCUT2D eigenvalue weighted by atomic mass is 9.87. The van der Waals surface area contributed by atoms with Crippen molar-refractivity contribution in [3.05, 3.63) is 56.7 Å². The van der Waals surface area contributed by atoms with Gasteiger partial charge in [-0.2, -0.15) is 0 Å². The number of methoxy groups -OCH3 is 2. The molecule has 2 aromatic rings. The van der Waals surface area contributed by atoms with Crippen molar-refractivity contribution in [3.63, 3.8) is 0 Å². The van der Waals surface area contributed by atoms with E-state index in [1.807, 2.05) is 22.6 Å². The Bertz CT molecular complexity index is 1290. The van der Waals surface area contributed by atoms with Gasteiger partial charge in [-0.1, -0.05) is 6.07 Å². The van der Waals surface area contributed by atoms with Gasteiger partial charge < -0.3 is 49.2 Å². The third-order valence-electron chi connectivity index (χ3n) is 6.72. The van der Waals surface area contributed by atoms with Crippen molar-refractivity contribution < 1.29 is 48.6 Å². The summed E-state index contributed by atoms with van der Waals surface area (Å²) in [5, 5.41) is 33.1. The molecule has 1 heterocycles. The van der Waals surface area contributed by atoms with Crippen LogP contribution < -0.4 is 24.3 Å². The molecule has 3 unspecified atom stereocenters. The Morgan fingerprint density at radius 1 is 1.12 bits per heavy atom. The molecule has 222 valence electrons. The standard InChI is InChI=1S/C28H33IN2O10/c1-37-14-25(34)31(12-16-3-4-21-22(8-16)40-15-39-21)20-10-18(28(36)30-5-6-32)11-23(26(20)35)41-27-19(29)7-17(13-33)9-24(27)38-2/h3-4,7-9,11,20,23,26,32-33,35H,5-6,10,12-15H2,1-2H3,(H,30,36). The number of hydrogen-bond donors (Lipinski definition) is 4. The van der Waals surface area contributed by atoms with Crippen LogP contribution in [0.2, 0.25) is 0 Å². The van der Waals surface area contributed by atoms with Crippen LogP contribution in [-0.4, -0.2) is 91.1 Å². The molecule has 12 nitrogen and oxygen atoms in total. The van der Waals surface area contributed by atoms with Gasteiger partial charge in [-0.15, -0.1) is 0 Å². The van der Waals surface area contributed by atoms with E-state index in [0.29, 0.717) is 32.1 Å². The van der Waals surface area contributed by atoms with Crippen molar-refractivity contribution in [3.8, 4) is 23.0 Å². The van der Waals surface area contributed by atoms with E-state index in [-0.39, 0.29) is 51.7 Å². The van der Waals surface area contributed by atoms with Gasteiger partial charge >= 0.3 is 0 Å². The Kier molecular flexibility index (Phi) is 10.7. The second-order valence-corrected chi connectivity index (χ2v) is 10.6. The quantitative estimate of drug-likeness (QED) is 0.239. The second kappa shape index (κ2) is 14.2. The predicted molar refractivity (Wildman–Crippen MR) is 154 cm³/mol. The average molecular weight is 684 g/mol. The number of carbonyl (C=O) groups is 2. The Morgan fingerprint density at radius 2 is 1.90 bits per heavy atom. The summed E-state index contributed by atoms with van der Waals surface area (Å²) in [5.41, 5.74) is 1.61. The highest BCUT2D eigenvalue weighted by Gasteiger charge is 2.41. The van der Waals surface area contributed by atoms with Crippen LogP contribution in [0.15, 0.2) is 42.0 Å². The summed E-state index contributed by atoms with van der Waals surface area (Å²) in [7, 11) is 2.86. The molecule has 4 rings (SSSR count). The van der Waals surface area contributed by atoms with Crippen molar-refractivity contribution in [2.75, 3.05) is 40.8 Å². The summed E-state index contributed by atoms with van der Waals surface area (Å²) >= 11 is 2.04. The molecule has 2 aromatic carbocycles. The molecule has 0 aromatic heterocycles. The van der Waals surface area contributed by atoms with Crippen molar-refractivity contribution >= 4 is 34.4 Å². The Morgan fingerprint density at radius 3 is 2.61 bits per heavy atom. The first kappa shape index (κ1) is 30.8. The van der Waals surface area contributed by atoms with Gasteiger partial charge in [0.05, 0.1) is 29.9 Å². The summed E-state index contributed by atoms with van der Waals surface area (Å²) in [6, 6.07) is 7.77. The van der Waals surface area contributed by atoms with Crippen LogP contribution >= 0.6 is 22.6 Å². The van der Waals surface area contributed by atoms with Gasteiger partial charge in [0, 0.05) is 32.2 Å². The highest BCUT2D eigenvalue weighted by atomic mass is 127. The number of halogens is 1. The second-order valence-electron chi connectivity index (χ2n) is 9.43. The van der Waals surface area contributed by atoms with E-state index < -0.39 is 30.1 Å². The zero-order chi connectivity index (χ0) is 29.5. The van der Waals surface area contributed by atoms with Crippen molar-refractivity contribution in [1.29, 1.82) is 0 Å². The molecular formula is C28H33IN2O10. The van der Waals surface area contributed by atoms with E-state index in [1.54, 1.807) is 30.3 Å². The first-order chi connectivity index (χ1) is 19.8. The predicted octanol–water partition coefficient (Wildman–Crippen LogP) is 1.11. The largest absolute Gasteiger partial charge is 0.493 e. The van der Waals surface area contributed by atoms with Gasteiger partial charge in [-0.3, -0.25) is 9.59 Å². The third-order valence-corrected chi connectivity index (χ3v) is 7.52. The van der Waals surface area contributed by atoms with E-state index in [2.05, 4.69) is 5.32 Å². The topological polar surface area (TPSA) is 156 Å². The maximum Gasteiger partial charge on any atom is 0.249 e. The third kappa shape index (κ3) is 7.22. The van der Waals surface area contributed by atoms with Crippen LogP contribution in [-0.2, 0) is 27.5 Å². The molecule has 0 fully saturated rings. The summed E-state index contributed by atoms with van der Waals surface area (Å²) in [4.78, 5) is 27.9. The molecule has 0 saturated heterocycles. The number of nitrogens with one attached hydrogen (secondary N) is 1. The number of hydrogen-bond acceptors (Lipinski definition) is 10. The van der Waals surface area contributed by atoms with E-state index >= 15 is 0 Å². The smallest absolute Gasteiger partial charge is 0.249 e. The number of aliphatic hydroxyl groups excluding tert-OH is 3. The van der Waals surface area contributed by atoms with Crippen LogP contribution in [0.4, 0.5) is 0 Å². The van der Waals surface area contributed by atoms with E-state index in [0.717, 1.165) is 5.56 Å². The number of amides is 2. The Balaban J connectivity index is 1.70. The van der Waals surface area contributed by atoms with Gasteiger partial charge in [0.15, 0.2) is 23.0 Å². The number of nitrogens with zero attached hydrogens (tertiary/aromatic N) is 1. The molecule has 1 aliphatic heterocycles. The highest BCUT2D eigenvalue weighted by molar-refractivity contribution is 14.1. The molecule has 0 saturated carbocycles. The average Bonchev–Trinajstić information content (AvgIpc) is 3.44. The molecule has 3 atom stereocenters. The summed E-state index contributed by atoms with van der Waals surface area (Å²) in [6.45, 7) is -0.475. The molecule has 2 aliphatic rings. The van der Waals surface area contributed by atoms with Crippen LogP contribution in [0.3, 0.4) is 0 Å². The van der Waals surface area contributed by atoms with Gasteiger partial charge in [0.25, 0.3) is 0 Å². The molecule has 13 heteroatoms. The minimum absolute atomic E-state index is 0.0238. The number of benzene rings is 2. The molecule has 0 bridgehead atoms. The van der Waals surface area contributed by atoms with Gasteiger partial charge in [-0.25, -0.2) is 0 Å². The molecule has 0 radical (unpaired) electrons. The lowest BCUT2D eigenvalue weighted by Crippen LogP contribution is -2.55. The minimum Gasteiger partial charge on any atom is -0.493 e. The van der Waals surface area contributed by atoms with Crippen LogP contribution in [0.1, 0.15) is 17.5 Å². The highest BCUT2D eigenvalue weighted by Crippen LogP contribution is 2.38. The first-order valence-electron chi connectivity index (χ1n) is 12.9. The SMILES string of the molecule is COCC(=O)N(Cc1ccc2c(c1)OCO2)C1CC(C(=O)NCCO)=CC(Oc2c(I)cc(CO)cc2OC)C1O. The number of rotatable bonds is 12. The van der Waals surface area contributed by atoms with Crippen molar-refractivity contribution in [2.24, 2.45) is 0 Å². The van der Waals surface area contributed by atoms with E-state index in [1.165, 1.54) is 25.2 Å². The normalized spacial score (nSPS) is 19.4. The van der Waals surface area contributed by atoms with Gasteiger partial charge in [-0.05, 0) is 64.1 Å². The fourth-order valence-corrected chi connectivity index (χ4v) is 5.52. The lowest BCUT2D eigenvalue weighted by Gasteiger charge is -2.40. The lowest BCUT2D eigenvalue weighted by molar-refractivity contribution is -0.143. The van der Waals surface area contributed by atoms with E-state index in [4.69, 9.17) is 23.7 Å². The fraction of sp³-hybridized carbons (Fsp3) is 0.429. The fourth-order valence-electron chi connectivity index (χ4n) is 4.73. The molecule has 4 N–H and O–H groups in total. The van der Waals surface area contributed by atoms with Crippen LogP contribution in [0.25, 0.3) is 0 Å². The van der Waals surface area contributed by atoms with Crippen molar-refractivity contribution in [2.45, 2.75) is 37.8 Å². The maximum atomic E-state index is 13.4. The van der Waals surface area contributed by atoms with Crippen LogP contribution in [0.5, 0.6) is 23.0 Å². The molecule has 2 amide bonds. The molecule has 1 aliphatic carbocycles. The minimum atomic E-state index is -1.25. The monoisotopic (exact) mass is 684 g/mol. The summed E-state index contributed by atoms with van der Waals surface area (Å²) in [5.74, 6) is 0.934. The number of aliphatic hydroxyl groups is 3. The molecular weight excluding hydrogens is 651 g/mol. The zero-order valence-corrected chi connectivity index (χ0v) is 24.8. The first-order valence-corrected chi connectivity index (χ1v) is 14.0. The van der Waals surface area contributed by atoms with Gasteiger partial charge in [0.1, 0.15) is 18.8 Å². The van der Waals surface area contributed by atoms with Gasteiger partial charge in [0.2, 0.25) is 18.6 Å². The van der Waals surface area contributed by atoms with Crippen LogP contribution in [0, 0.1) is 3.57 Å². The number of carbonyl (C=O) groups excluding carboxylic acids is 2. The summed E-state index contributed by atoms with van der Waals surface area (Å²) in [6.07, 6.45) is -0.767. The Labute approximate surface area is 250 Å².